The van der Waals surface area contributed by atoms with Gasteiger partial charge in [0, 0.05) is 25.2 Å². The third-order valence-electron chi connectivity index (χ3n) is 2.80. The second kappa shape index (κ2) is 4.51. The van der Waals surface area contributed by atoms with E-state index in [1.54, 1.807) is 0 Å². The van der Waals surface area contributed by atoms with Crippen molar-refractivity contribution in [2.45, 2.75) is 25.2 Å². The van der Waals surface area contributed by atoms with Crippen LogP contribution in [0, 0.1) is 0 Å². The minimum absolute atomic E-state index is 0.145. The van der Waals surface area contributed by atoms with Gasteiger partial charge in [-0.1, -0.05) is 6.07 Å². The molecule has 0 amide bonds. The third-order valence-corrected chi connectivity index (χ3v) is 2.80. The molecule has 4 nitrogen and oxygen atoms in total. The van der Waals surface area contributed by atoms with Crippen LogP contribution in [0.2, 0.25) is 0 Å². The number of pyridine rings is 1. The Hall–Kier alpha value is -1.58. The first-order chi connectivity index (χ1) is 7.66. The fourth-order valence-electron chi connectivity index (χ4n) is 1.64. The first-order valence-electron chi connectivity index (χ1n) is 5.56. The van der Waals surface area contributed by atoms with Crippen molar-refractivity contribution in [2.24, 2.45) is 0 Å². The molecule has 0 atom stereocenters. The second-order valence-electron chi connectivity index (χ2n) is 4.26. The van der Waals surface area contributed by atoms with Crippen LogP contribution in [0.5, 0.6) is 0 Å². The van der Waals surface area contributed by atoms with Gasteiger partial charge in [0.2, 0.25) is 0 Å². The molecule has 1 saturated carbocycles. The summed E-state index contributed by atoms with van der Waals surface area (Å²) >= 11 is 0. The summed E-state index contributed by atoms with van der Waals surface area (Å²) in [5.41, 5.74) is 1.14. The zero-order chi connectivity index (χ0) is 11.5. The van der Waals surface area contributed by atoms with Gasteiger partial charge in [-0.3, -0.25) is 4.79 Å². The molecule has 1 aromatic rings. The van der Waals surface area contributed by atoms with Crippen molar-refractivity contribution < 1.29 is 9.90 Å². The minimum Gasteiger partial charge on any atom is -0.481 e. The van der Waals surface area contributed by atoms with Gasteiger partial charge in [-0.2, -0.15) is 0 Å². The van der Waals surface area contributed by atoms with Crippen LogP contribution in [0.25, 0.3) is 0 Å². The molecule has 16 heavy (non-hydrogen) atoms. The van der Waals surface area contributed by atoms with E-state index in [1.807, 2.05) is 30.1 Å². The van der Waals surface area contributed by atoms with E-state index in [0.717, 1.165) is 11.5 Å². The Bertz CT molecular complexity index is 388. The molecule has 86 valence electrons. The van der Waals surface area contributed by atoms with E-state index in [-0.39, 0.29) is 6.42 Å². The molecule has 0 spiro atoms. The molecular weight excluding hydrogens is 204 g/mol. The van der Waals surface area contributed by atoms with Crippen molar-refractivity contribution in [3.8, 4) is 0 Å². The smallest absolute Gasteiger partial charge is 0.305 e. The molecule has 0 aromatic carbocycles. The normalized spacial score (nSPS) is 14.8. The van der Waals surface area contributed by atoms with E-state index in [4.69, 9.17) is 5.11 Å². The average Bonchev–Trinajstić information content (AvgIpc) is 3.10. The van der Waals surface area contributed by atoms with Crippen LogP contribution in [0.4, 0.5) is 5.82 Å². The van der Waals surface area contributed by atoms with Gasteiger partial charge in [0.1, 0.15) is 5.82 Å². The number of hydrogen-bond acceptors (Lipinski definition) is 3. The van der Waals surface area contributed by atoms with Gasteiger partial charge in [-0.15, -0.1) is 0 Å². The maximum absolute atomic E-state index is 10.5. The maximum Gasteiger partial charge on any atom is 0.305 e. The van der Waals surface area contributed by atoms with E-state index in [0.29, 0.717) is 12.5 Å². The van der Waals surface area contributed by atoms with Gasteiger partial charge in [-0.05, 0) is 25.0 Å². The van der Waals surface area contributed by atoms with Gasteiger partial charge < -0.3 is 10.0 Å². The maximum atomic E-state index is 10.5. The standard InChI is InChI=1S/C12H16N2O2/c1-14(8-7-12(15)16)11-4-2-3-10(13-11)9-5-6-9/h2-4,9H,5-8H2,1H3,(H,15,16). The molecule has 4 heteroatoms. The molecule has 0 bridgehead atoms. The lowest BCUT2D eigenvalue weighted by molar-refractivity contribution is -0.136. The number of carbonyl (C=O) groups is 1. The molecule has 1 heterocycles. The van der Waals surface area contributed by atoms with Crippen molar-refractivity contribution in [1.82, 2.24) is 4.98 Å². The van der Waals surface area contributed by atoms with Crippen molar-refractivity contribution in [3.63, 3.8) is 0 Å². The Morgan fingerprint density at radius 1 is 1.56 bits per heavy atom. The predicted molar refractivity (Wildman–Crippen MR) is 61.7 cm³/mol. The zero-order valence-electron chi connectivity index (χ0n) is 9.39. The number of carboxylic acid groups (broad SMARTS) is 1. The summed E-state index contributed by atoms with van der Waals surface area (Å²) in [7, 11) is 1.88. The summed E-state index contributed by atoms with van der Waals surface area (Å²) in [6, 6.07) is 5.97. The van der Waals surface area contributed by atoms with E-state index in [1.165, 1.54) is 12.8 Å². The van der Waals surface area contributed by atoms with Crippen molar-refractivity contribution in [3.05, 3.63) is 23.9 Å². The number of nitrogens with zero attached hydrogens (tertiary/aromatic N) is 2. The van der Waals surface area contributed by atoms with Crippen LogP contribution in [-0.4, -0.2) is 29.7 Å². The summed E-state index contributed by atoms with van der Waals surface area (Å²) in [5, 5.41) is 8.62. The molecule has 1 aliphatic rings. The van der Waals surface area contributed by atoms with E-state index < -0.39 is 5.97 Å². The molecule has 1 aliphatic carbocycles. The molecule has 1 N–H and O–H groups in total. The fourth-order valence-corrected chi connectivity index (χ4v) is 1.64. The highest BCUT2D eigenvalue weighted by atomic mass is 16.4. The summed E-state index contributed by atoms with van der Waals surface area (Å²) in [6.07, 6.45) is 2.61. The highest BCUT2D eigenvalue weighted by Crippen LogP contribution is 2.39. The lowest BCUT2D eigenvalue weighted by Crippen LogP contribution is -2.22. The number of hydrogen-bond donors (Lipinski definition) is 1. The topological polar surface area (TPSA) is 53.4 Å². The number of aromatic nitrogens is 1. The van der Waals surface area contributed by atoms with Crippen molar-refractivity contribution in [2.75, 3.05) is 18.5 Å². The van der Waals surface area contributed by atoms with Gasteiger partial charge in [-0.25, -0.2) is 4.98 Å². The quantitative estimate of drug-likeness (QED) is 0.823. The molecule has 2 rings (SSSR count). The van der Waals surface area contributed by atoms with Crippen LogP contribution in [0.15, 0.2) is 18.2 Å². The molecule has 0 aliphatic heterocycles. The lowest BCUT2D eigenvalue weighted by atomic mass is 10.2. The lowest BCUT2D eigenvalue weighted by Gasteiger charge is -2.17. The molecule has 1 fully saturated rings. The van der Waals surface area contributed by atoms with Gasteiger partial charge in [0.25, 0.3) is 0 Å². The van der Waals surface area contributed by atoms with Crippen LogP contribution in [-0.2, 0) is 4.79 Å². The number of anilines is 1. The zero-order valence-corrected chi connectivity index (χ0v) is 9.39. The second-order valence-corrected chi connectivity index (χ2v) is 4.26. The van der Waals surface area contributed by atoms with E-state index in [9.17, 15) is 4.79 Å². The van der Waals surface area contributed by atoms with Crippen LogP contribution >= 0.6 is 0 Å². The molecule has 0 saturated heterocycles. The highest BCUT2D eigenvalue weighted by molar-refractivity contribution is 5.67. The van der Waals surface area contributed by atoms with Crippen molar-refractivity contribution in [1.29, 1.82) is 0 Å². The number of rotatable bonds is 5. The summed E-state index contributed by atoms with van der Waals surface area (Å²) < 4.78 is 0. The fraction of sp³-hybridized carbons (Fsp3) is 0.500. The largest absolute Gasteiger partial charge is 0.481 e. The van der Waals surface area contributed by atoms with Crippen LogP contribution in [0.3, 0.4) is 0 Å². The molecule has 0 unspecified atom stereocenters. The first kappa shape index (κ1) is 10.9. The Balaban J connectivity index is 2.01. The van der Waals surface area contributed by atoms with E-state index in [2.05, 4.69) is 4.98 Å². The molecular formula is C12H16N2O2. The average molecular weight is 220 g/mol. The van der Waals surface area contributed by atoms with E-state index >= 15 is 0 Å². The monoisotopic (exact) mass is 220 g/mol. The van der Waals surface area contributed by atoms with Gasteiger partial charge in [0.15, 0.2) is 0 Å². The van der Waals surface area contributed by atoms with Crippen molar-refractivity contribution >= 4 is 11.8 Å². The Labute approximate surface area is 94.9 Å². The van der Waals surface area contributed by atoms with Gasteiger partial charge >= 0.3 is 5.97 Å². The summed E-state index contributed by atoms with van der Waals surface area (Å²) in [6.45, 7) is 0.496. The first-order valence-corrected chi connectivity index (χ1v) is 5.56. The third kappa shape index (κ3) is 2.72. The summed E-state index contributed by atoms with van der Waals surface area (Å²) in [4.78, 5) is 16.9. The van der Waals surface area contributed by atoms with Crippen LogP contribution in [0.1, 0.15) is 30.9 Å². The summed E-state index contributed by atoms with van der Waals surface area (Å²) in [5.74, 6) is 0.726. The van der Waals surface area contributed by atoms with Gasteiger partial charge in [0.05, 0.1) is 6.42 Å². The predicted octanol–water partition coefficient (Wildman–Crippen LogP) is 1.87. The van der Waals surface area contributed by atoms with Crippen LogP contribution < -0.4 is 4.90 Å². The number of carboxylic acids is 1. The Morgan fingerprint density at radius 3 is 2.94 bits per heavy atom. The Kier molecular flexibility index (Phi) is 3.08. The molecule has 1 aromatic heterocycles. The molecule has 0 radical (unpaired) electrons. The highest BCUT2D eigenvalue weighted by Gasteiger charge is 2.25. The Morgan fingerprint density at radius 2 is 2.31 bits per heavy atom. The minimum atomic E-state index is -0.773. The SMILES string of the molecule is CN(CCC(=O)O)c1cccc(C2CC2)n1. The number of aliphatic carboxylic acids is 1.